The third-order valence-electron chi connectivity index (χ3n) is 5.41. The Morgan fingerprint density at radius 1 is 1.22 bits per heavy atom. The smallest absolute Gasteiger partial charge is 0.277 e. The lowest BCUT2D eigenvalue weighted by Crippen LogP contribution is -2.87. The molecule has 2 aromatic carbocycles. The number of benzene rings is 2. The first kappa shape index (κ1) is 18.1. The molecule has 2 heterocycles. The van der Waals surface area contributed by atoms with Crippen LogP contribution in [-0.4, -0.2) is 35.4 Å². The maximum absolute atomic E-state index is 12.8. The molecule has 0 saturated carbocycles. The SMILES string of the molecule is C[C@@H]([NH2+]CC(=O)N1CCC[C@H](c2nc3ccccc3s2)C1)c1ccccc1. The summed E-state index contributed by atoms with van der Waals surface area (Å²) in [6.45, 7) is 4.32. The van der Waals surface area contributed by atoms with Crippen LogP contribution < -0.4 is 5.32 Å². The molecule has 2 N–H and O–H groups in total. The molecule has 1 aromatic heterocycles. The molecule has 0 spiro atoms. The summed E-state index contributed by atoms with van der Waals surface area (Å²) in [5.41, 5.74) is 2.34. The van der Waals surface area contributed by atoms with Crippen LogP contribution in [0.3, 0.4) is 0 Å². The number of quaternary nitrogens is 1. The molecule has 0 aliphatic carbocycles. The van der Waals surface area contributed by atoms with Gasteiger partial charge < -0.3 is 10.2 Å². The van der Waals surface area contributed by atoms with Crippen molar-refractivity contribution in [1.82, 2.24) is 9.88 Å². The minimum atomic E-state index is 0.239. The Hall–Kier alpha value is -2.24. The molecule has 0 bridgehead atoms. The van der Waals surface area contributed by atoms with Crippen LogP contribution >= 0.6 is 11.3 Å². The van der Waals surface area contributed by atoms with E-state index in [1.165, 1.54) is 15.3 Å². The maximum atomic E-state index is 12.8. The summed E-state index contributed by atoms with van der Waals surface area (Å²) in [6, 6.07) is 19.0. The van der Waals surface area contributed by atoms with E-state index in [0.717, 1.165) is 31.4 Å². The summed E-state index contributed by atoms with van der Waals surface area (Å²) >= 11 is 1.78. The van der Waals surface area contributed by atoms with Gasteiger partial charge in [0.15, 0.2) is 6.54 Å². The van der Waals surface area contributed by atoms with Crippen molar-refractivity contribution in [2.75, 3.05) is 19.6 Å². The number of aromatic nitrogens is 1. The molecule has 140 valence electrons. The lowest BCUT2D eigenvalue weighted by atomic mass is 9.98. The largest absolute Gasteiger partial charge is 0.337 e. The number of rotatable bonds is 5. The molecule has 1 saturated heterocycles. The number of likely N-dealkylation sites (tertiary alicyclic amines) is 1. The maximum Gasteiger partial charge on any atom is 0.277 e. The fourth-order valence-electron chi connectivity index (χ4n) is 3.77. The number of thiazole rings is 1. The second kappa shape index (κ2) is 8.19. The average Bonchev–Trinajstić information content (AvgIpc) is 3.17. The number of piperidine rings is 1. The Morgan fingerprint density at radius 3 is 2.81 bits per heavy atom. The third kappa shape index (κ3) is 4.20. The van der Waals surface area contributed by atoms with Crippen molar-refractivity contribution in [2.45, 2.75) is 31.7 Å². The second-order valence-electron chi connectivity index (χ2n) is 7.34. The molecule has 1 aliphatic heterocycles. The second-order valence-corrected chi connectivity index (χ2v) is 8.40. The van der Waals surface area contributed by atoms with Crippen molar-refractivity contribution >= 4 is 27.5 Å². The van der Waals surface area contributed by atoms with Gasteiger partial charge in [0, 0.05) is 24.6 Å². The minimum absolute atomic E-state index is 0.239. The predicted octanol–water partition coefficient (Wildman–Crippen LogP) is 3.33. The molecule has 5 heteroatoms. The van der Waals surface area contributed by atoms with Crippen molar-refractivity contribution in [3.05, 3.63) is 65.2 Å². The number of para-hydroxylation sites is 1. The van der Waals surface area contributed by atoms with Gasteiger partial charge in [0.25, 0.3) is 5.91 Å². The number of nitrogens with zero attached hydrogens (tertiary/aromatic N) is 2. The molecule has 0 unspecified atom stereocenters. The summed E-state index contributed by atoms with van der Waals surface area (Å²) in [6.07, 6.45) is 2.17. The summed E-state index contributed by atoms with van der Waals surface area (Å²) in [7, 11) is 0. The molecular weight excluding hydrogens is 354 g/mol. The molecular formula is C22H26N3OS+. The van der Waals surface area contributed by atoms with Gasteiger partial charge in [-0.3, -0.25) is 4.79 Å². The van der Waals surface area contributed by atoms with Gasteiger partial charge in [-0.05, 0) is 31.9 Å². The Bertz CT molecular complexity index is 875. The number of fused-ring (bicyclic) bond motifs is 1. The van der Waals surface area contributed by atoms with E-state index in [0.29, 0.717) is 18.5 Å². The van der Waals surface area contributed by atoms with Gasteiger partial charge in [0.1, 0.15) is 6.04 Å². The number of nitrogens with two attached hydrogens (primary N) is 1. The van der Waals surface area contributed by atoms with Gasteiger partial charge in [-0.1, -0.05) is 42.5 Å². The van der Waals surface area contributed by atoms with E-state index in [4.69, 9.17) is 4.98 Å². The topological polar surface area (TPSA) is 49.8 Å². The van der Waals surface area contributed by atoms with E-state index in [1.54, 1.807) is 11.3 Å². The lowest BCUT2D eigenvalue weighted by Gasteiger charge is -2.31. The van der Waals surface area contributed by atoms with E-state index in [9.17, 15) is 4.79 Å². The average molecular weight is 381 g/mol. The molecule has 3 aromatic rings. The van der Waals surface area contributed by atoms with E-state index in [-0.39, 0.29) is 5.91 Å². The van der Waals surface area contributed by atoms with Crippen LogP contribution in [0, 0.1) is 0 Å². The number of carbonyl (C=O) groups excluding carboxylic acids is 1. The van der Waals surface area contributed by atoms with Crippen LogP contribution in [0.5, 0.6) is 0 Å². The highest BCUT2D eigenvalue weighted by Gasteiger charge is 2.27. The van der Waals surface area contributed by atoms with Gasteiger partial charge in [-0.25, -0.2) is 4.98 Å². The third-order valence-corrected chi connectivity index (χ3v) is 6.60. The van der Waals surface area contributed by atoms with Crippen LogP contribution in [0.1, 0.15) is 42.3 Å². The predicted molar refractivity (Wildman–Crippen MR) is 110 cm³/mol. The Balaban J connectivity index is 1.36. The van der Waals surface area contributed by atoms with Crippen molar-refractivity contribution in [3.63, 3.8) is 0 Å². The van der Waals surface area contributed by atoms with Gasteiger partial charge in [0.2, 0.25) is 0 Å². The quantitative estimate of drug-likeness (QED) is 0.738. The van der Waals surface area contributed by atoms with E-state index in [1.807, 2.05) is 17.0 Å². The van der Waals surface area contributed by atoms with Gasteiger partial charge >= 0.3 is 0 Å². The highest BCUT2D eigenvalue weighted by molar-refractivity contribution is 7.18. The first-order valence-electron chi connectivity index (χ1n) is 9.72. The first-order chi connectivity index (χ1) is 13.2. The van der Waals surface area contributed by atoms with Crippen molar-refractivity contribution in [2.24, 2.45) is 0 Å². The summed E-state index contributed by atoms with van der Waals surface area (Å²) in [5, 5.41) is 3.31. The highest BCUT2D eigenvalue weighted by Crippen LogP contribution is 2.32. The zero-order valence-corrected chi connectivity index (χ0v) is 16.5. The fraction of sp³-hybridized carbons (Fsp3) is 0.364. The Labute approximate surface area is 164 Å². The number of hydrogen-bond acceptors (Lipinski definition) is 3. The molecule has 1 aliphatic rings. The van der Waals surface area contributed by atoms with Crippen LogP contribution in [-0.2, 0) is 4.79 Å². The highest BCUT2D eigenvalue weighted by atomic mass is 32.1. The van der Waals surface area contributed by atoms with Crippen LogP contribution in [0.25, 0.3) is 10.2 Å². The number of hydrogen-bond donors (Lipinski definition) is 1. The van der Waals surface area contributed by atoms with Gasteiger partial charge in [0.05, 0.1) is 15.2 Å². The Kier molecular flexibility index (Phi) is 5.50. The molecule has 27 heavy (non-hydrogen) atoms. The molecule has 4 nitrogen and oxygen atoms in total. The zero-order valence-electron chi connectivity index (χ0n) is 15.7. The zero-order chi connectivity index (χ0) is 18.6. The number of amides is 1. The van der Waals surface area contributed by atoms with E-state index < -0.39 is 0 Å². The van der Waals surface area contributed by atoms with Crippen molar-refractivity contribution < 1.29 is 10.1 Å². The lowest BCUT2D eigenvalue weighted by molar-refractivity contribution is -0.683. The molecule has 4 rings (SSSR count). The summed E-state index contributed by atoms with van der Waals surface area (Å²) in [4.78, 5) is 19.6. The van der Waals surface area contributed by atoms with E-state index in [2.05, 4.69) is 54.7 Å². The van der Waals surface area contributed by atoms with Crippen LogP contribution in [0.4, 0.5) is 0 Å². The van der Waals surface area contributed by atoms with Gasteiger partial charge in [-0.15, -0.1) is 11.3 Å². The van der Waals surface area contributed by atoms with Crippen LogP contribution in [0.2, 0.25) is 0 Å². The standard InChI is InChI=1S/C22H25N3OS/c1-16(17-8-3-2-4-9-17)23-14-21(26)25-13-7-10-18(15-25)22-24-19-11-5-6-12-20(19)27-22/h2-6,8-9,11-12,16,18,23H,7,10,13-15H2,1H3/p+1/t16-,18+/m1/s1. The van der Waals surface area contributed by atoms with Gasteiger partial charge in [-0.2, -0.15) is 0 Å². The van der Waals surface area contributed by atoms with Crippen LogP contribution in [0.15, 0.2) is 54.6 Å². The molecule has 1 amide bonds. The summed E-state index contributed by atoms with van der Waals surface area (Å²) in [5.74, 6) is 0.607. The molecule has 0 radical (unpaired) electrons. The van der Waals surface area contributed by atoms with Crippen molar-refractivity contribution in [1.29, 1.82) is 0 Å². The fourth-order valence-corrected chi connectivity index (χ4v) is 4.86. The normalized spacial score (nSPS) is 18.6. The minimum Gasteiger partial charge on any atom is -0.337 e. The molecule has 2 atom stereocenters. The monoisotopic (exact) mass is 380 g/mol. The van der Waals surface area contributed by atoms with Crippen molar-refractivity contribution in [3.8, 4) is 0 Å². The summed E-state index contributed by atoms with van der Waals surface area (Å²) < 4.78 is 1.24. The van der Waals surface area contributed by atoms with E-state index >= 15 is 0 Å². The Morgan fingerprint density at radius 2 is 2.00 bits per heavy atom. The molecule has 1 fully saturated rings. The first-order valence-corrected chi connectivity index (χ1v) is 10.5. The number of carbonyl (C=O) groups is 1.